The number of rotatable bonds is 6. The van der Waals surface area contributed by atoms with Crippen LogP contribution >= 0.6 is 0 Å². The Kier molecular flexibility index (Phi) is 5.68. The number of aromatic nitrogens is 2. The van der Waals surface area contributed by atoms with Crippen LogP contribution in [0.2, 0.25) is 0 Å². The number of nitrogens with one attached hydrogen (secondary N) is 1. The summed E-state index contributed by atoms with van der Waals surface area (Å²) in [6.45, 7) is 10.3. The van der Waals surface area contributed by atoms with E-state index in [9.17, 15) is 4.79 Å². The fraction of sp³-hybridized carbons (Fsp3) is 0.765. The molecule has 0 aliphatic carbocycles. The van der Waals surface area contributed by atoms with Crippen LogP contribution in [0, 0.1) is 13.8 Å². The first-order chi connectivity index (χ1) is 11.0. The van der Waals surface area contributed by atoms with E-state index in [-0.39, 0.29) is 11.6 Å². The summed E-state index contributed by atoms with van der Waals surface area (Å²) in [5.74, 6) is 0. The molecule has 1 N–H and O–H groups in total. The highest BCUT2D eigenvalue weighted by Gasteiger charge is 2.43. The Morgan fingerprint density at radius 2 is 2.13 bits per heavy atom. The number of aryl methyl sites for hydroxylation is 2. The molecule has 0 bridgehead atoms. The number of urea groups is 1. The normalized spacial score (nSPS) is 21.0. The second-order valence-electron chi connectivity index (χ2n) is 6.45. The van der Waals surface area contributed by atoms with Crippen LogP contribution in [0.3, 0.4) is 0 Å². The maximum absolute atomic E-state index is 12.9. The number of carbonyl (C=O) groups excluding carboxylic acids is 1. The molecule has 2 rings (SSSR count). The summed E-state index contributed by atoms with van der Waals surface area (Å²) < 4.78 is 7.36. The summed E-state index contributed by atoms with van der Waals surface area (Å²) in [5, 5.41) is 7.57. The number of carbonyl (C=O) groups is 1. The zero-order valence-corrected chi connectivity index (χ0v) is 15.1. The van der Waals surface area contributed by atoms with E-state index in [1.54, 1.807) is 7.11 Å². The predicted molar refractivity (Wildman–Crippen MR) is 91.8 cm³/mol. The molecule has 2 heterocycles. The predicted octanol–water partition coefficient (Wildman–Crippen LogP) is 3.33. The van der Waals surface area contributed by atoms with Crippen molar-refractivity contribution < 1.29 is 9.53 Å². The minimum Gasteiger partial charge on any atom is -0.382 e. The van der Waals surface area contributed by atoms with Gasteiger partial charge in [0.25, 0.3) is 0 Å². The van der Waals surface area contributed by atoms with Crippen LogP contribution in [0.5, 0.6) is 0 Å². The summed E-state index contributed by atoms with van der Waals surface area (Å²) in [6, 6.07) is -0.0325. The summed E-state index contributed by atoms with van der Waals surface area (Å²) in [5.41, 5.74) is 2.54. The van der Waals surface area contributed by atoms with Crippen LogP contribution in [-0.4, -0.2) is 46.5 Å². The molecule has 1 aromatic heterocycles. The highest BCUT2D eigenvalue weighted by atomic mass is 16.5. The Balaban J connectivity index is 2.20. The van der Waals surface area contributed by atoms with Gasteiger partial charge in [-0.25, -0.2) is 4.79 Å². The van der Waals surface area contributed by atoms with E-state index in [1.165, 1.54) is 0 Å². The van der Waals surface area contributed by atoms with Crippen molar-refractivity contribution in [1.82, 2.24) is 14.7 Å². The lowest BCUT2D eigenvalue weighted by Crippen LogP contribution is -2.52. The van der Waals surface area contributed by atoms with E-state index >= 15 is 0 Å². The molecule has 1 aliphatic rings. The third-order valence-corrected chi connectivity index (χ3v) is 4.88. The second kappa shape index (κ2) is 7.34. The fourth-order valence-corrected chi connectivity index (χ4v) is 3.83. The quantitative estimate of drug-likeness (QED) is 0.874. The molecule has 0 saturated carbocycles. The smallest absolute Gasteiger partial charge is 0.322 e. The van der Waals surface area contributed by atoms with Crippen molar-refractivity contribution in [3.8, 4) is 0 Å². The first-order valence-electron chi connectivity index (χ1n) is 8.60. The molecule has 23 heavy (non-hydrogen) atoms. The first kappa shape index (κ1) is 17.8. The lowest BCUT2D eigenvalue weighted by molar-refractivity contribution is 0.0540. The second-order valence-corrected chi connectivity index (χ2v) is 6.45. The number of nitrogens with zero attached hydrogens (tertiary/aromatic N) is 3. The van der Waals surface area contributed by atoms with E-state index in [0.717, 1.165) is 55.8 Å². The largest absolute Gasteiger partial charge is 0.382 e. The molecule has 1 atom stereocenters. The molecule has 0 aromatic carbocycles. The maximum Gasteiger partial charge on any atom is 0.322 e. The molecule has 0 radical (unpaired) electrons. The van der Waals surface area contributed by atoms with Gasteiger partial charge in [-0.15, -0.1) is 0 Å². The standard InChI is InChI=1S/C17H30N4O2/c1-6-9-17(12-23-5)10-8-11-20(17)16(22)18-15-13(3)19-21(7-2)14(15)4/h6-12H2,1-5H3,(H,18,22)/t17-/m0/s1. The van der Waals surface area contributed by atoms with E-state index in [0.29, 0.717) is 6.61 Å². The molecule has 1 fully saturated rings. The van der Waals surface area contributed by atoms with Crippen LogP contribution in [0.1, 0.15) is 50.9 Å². The third-order valence-electron chi connectivity index (χ3n) is 4.88. The monoisotopic (exact) mass is 322 g/mol. The van der Waals surface area contributed by atoms with Gasteiger partial charge in [0, 0.05) is 20.2 Å². The Labute approximate surface area is 139 Å². The molecular formula is C17H30N4O2. The number of amides is 2. The van der Waals surface area contributed by atoms with Gasteiger partial charge in [-0.2, -0.15) is 5.10 Å². The molecule has 130 valence electrons. The Hall–Kier alpha value is -1.56. The van der Waals surface area contributed by atoms with Crippen LogP contribution in [0.15, 0.2) is 0 Å². The molecule has 6 heteroatoms. The number of likely N-dealkylation sites (tertiary alicyclic amines) is 1. The fourth-order valence-electron chi connectivity index (χ4n) is 3.83. The van der Waals surface area contributed by atoms with Crippen molar-refractivity contribution >= 4 is 11.7 Å². The Morgan fingerprint density at radius 3 is 2.70 bits per heavy atom. The number of methoxy groups -OCH3 is 1. The zero-order valence-electron chi connectivity index (χ0n) is 15.1. The van der Waals surface area contributed by atoms with Crippen molar-refractivity contribution in [2.24, 2.45) is 0 Å². The van der Waals surface area contributed by atoms with Crippen molar-refractivity contribution in [3.63, 3.8) is 0 Å². The van der Waals surface area contributed by atoms with Gasteiger partial charge in [0.1, 0.15) is 0 Å². The highest BCUT2D eigenvalue weighted by molar-refractivity contribution is 5.91. The van der Waals surface area contributed by atoms with Crippen molar-refractivity contribution in [3.05, 3.63) is 11.4 Å². The van der Waals surface area contributed by atoms with Gasteiger partial charge in [0.2, 0.25) is 0 Å². The van der Waals surface area contributed by atoms with Crippen LogP contribution < -0.4 is 5.32 Å². The first-order valence-corrected chi connectivity index (χ1v) is 8.60. The highest BCUT2D eigenvalue weighted by Crippen LogP contribution is 2.35. The summed E-state index contributed by atoms with van der Waals surface area (Å²) in [6.07, 6.45) is 4.05. The van der Waals surface area contributed by atoms with Crippen molar-refractivity contribution in [2.75, 3.05) is 25.6 Å². The number of hydrogen-bond acceptors (Lipinski definition) is 3. The van der Waals surface area contributed by atoms with E-state index in [2.05, 4.69) is 24.3 Å². The SMILES string of the molecule is CCC[C@@]1(COC)CCCN1C(=O)Nc1c(C)nn(CC)c1C. The number of anilines is 1. The minimum atomic E-state index is -0.170. The average Bonchev–Trinajstić information content (AvgIpc) is 3.04. The minimum absolute atomic E-state index is 0.0325. The molecule has 1 aromatic rings. The molecule has 6 nitrogen and oxygen atoms in total. The van der Waals surface area contributed by atoms with Gasteiger partial charge in [-0.1, -0.05) is 13.3 Å². The summed E-state index contributed by atoms with van der Waals surface area (Å²) in [7, 11) is 1.71. The summed E-state index contributed by atoms with van der Waals surface area (Å²) >= 11 is 0. The van der Waals surface area contributed by atoms with Crippen LogP contribution in [0.25, 0.3) is 0 Å². The lowest BCUT2D eigenvalue weighted by atomic mass is 9.91. The van der Waals surface area contributed by atoms with Crippen LogP contribution in [0.4, 0.5) is 10.5 Å². The molecule has 1 aliphatic heterocycles. The molecule has 2 amide bonds. The van der Waals surface area contributed by atoms with E-state index in [4.69, 9.17) is 4.74 Å². The summed E-state index contributed by atoms with van der Waals surface area (Å²) in [4.78, 5) is 14.9. The van der Waals surface area contributed by atoms with Gasteiger partial charge in [0.05, 0.1) is 29.2 Å². The molecule has 1 saturated heterocycles. The lowest BCUT2D eigenvalue weighted by Gasteiger charge is -2.38. The number of ether oxygens (including phenoxy) is 1. The third kappa shape index (κ3) is 3.37. The van der Waals surface area contributed by atoms with E-state index < -0.39 is 0 Å². The topological polar surface area (TPSA) is 59.4 Å². The zero-order chi connectivity index (χ0) is 17.0. The average molecular weight is 322 g/mol. The maximum atomic E-state index is 12.9. The van der Waals surface area contributed by atoms with Gasteiger partial charge >= 0.3 is 6.03 Å². The van der Waals surface area contributed by atoms with Crippen molar-refractivity contribution in [1.29, 1.82) is 0 Å². The molecule has 0 spiro atoms. The molecular weight excluding hydrogens is 292 g/mol. The van der Waals surface area contributed by atoms with E-state index in [1.807, 2.05) is 23.4 Å². The van der Waals surface area contributed by atoms with Gasteiger partial charge in [-0.3, -0.25) is 4.68 Å². The van der Waals surface area contributed by atoms with Crippen molar-refractivity contribution in [2.45, 2.75) is 65.5 Å². The number of hydrogen-bond donors (Lipinski definition) is 1. The van der Waals surface area contributed by atoms with Crippen LogP contribution in [-0.2, 0) is 11.3 Å². The van der Waals surface area contributed by atoms with Gasteiger partial charge in [0.15, 0.2) is 0 Å². The van der Waals surface area contributed by atoms with Gasteiger partial charge < -0.3 is 15.0 Å². The Morgan fingerprint density at radius 1 is 1.39 bits per heavy atom. The van der Waals surface area contributed by atoms with Gasteiger partial charge in [-0.05, 0) is 40.0 Å². The molecule has 0 unspecified atom stereocenters. The Bertz CT molecular complexity index is 547.